The van der Waals surface area contributed by atoms with Crippen molar-refractivity contribution in [1.29, 1.82) is 0 Å². The van der Waals surface area contributed by atoms with Gasteiger partial charge in [-0.05, 0) is 76.1 Å². The van der Waals surface area contributed by atoms with E-state index in [1.807, 2.05) is 18.4 Å². The molecule has 1 aliphatic rings. The van der Waals surface area contributed by atoms with Crippen LogP contribution in [-0.4, -0.2) is 31.9 Å². The lowest BCUT2D eigenvalue weighted by molar-refractivity contribution is 0.00578. The van der Waals surface area contributed by atoms with Gasteiger partial charge in [0.2, 0.25) is 0 Å². The van der Waals surface area contributed by atoms with Crippen LogP contribution in [0.25, 0.3) is 6.08 Å². The normalized spacial score (nSPS) is 19.6. The van der Waals surface area contributed by atoms with Crippen LogP contribution >= 0.6 is 11.3 Å². The van der Waals surface area contributed by atoms with Gasteiger partial charge in [0, 0.05) is 11.4 Å². The molecule has 0 radical (unpaired) electrons. The number of hydrogen-bond donors (Lipinski definition) is 1. The quantitative estimate of drug-likeness (QED) is 0.489. The molecule has 1 aliphatic heterocycles. The molecule has 1 aromatic heterocycles. The lowest BCUT2D eigenvalue weighted by atomic mass is 9.77. The van der Waals surface area contributed by atoms with Gasteiger partial charge in [-0.15, -0.1) is 11.3 Å². The van der Waals surface area contributed by atoms with Gasteiger partial charge in [-0.3, -0.25) is 0 Å². The highest BCUT2D eigenvalue weighted by Crippen LogP contribution is 2.39. The molecule has 0 unspecified atom stereocenters. The highest BCUT2D eigenvalue weighted by atomic mass is 32.1. The van der Waals surface area contributed by atoms with E-state index >= 15 is 0 Å². The summed E-state index contributed by atoms with van der Waals surface area (Å²) in [6.45, 7) is 11.4. The van der Waals surface area contributed by atoms with Crippen molar-refractivity contribution in [1.82, 2.24) is 5.32 Å². The molecule has 0 atom stereocenters. The Hall–Kier alpha value is -0.615. The molecule has 1 N–H and O–H groups in total. The van der Waals surface area contributed by atoms with Gasteiger partial charge >= 0.3 is 7.12 Å². The van der Waals surface area contributed by atoms with Crippen LogP contribution in [0.5, 0.6) is 0 Å². The fourth-order valence-corrected chi connectivity index (χ4v) is 3.91. The first kappa shape index (κ1) is 20.7. The fourth-order valence-electron chi connectivity index (χ4n) is 2.99. The minimum absolute atomic E-state index is 0.285. The van der Waals surface area contributed by atoms with E-state index in [1.54, 1.807) is 0 Å². The SMILES string of the molecule is CCCCCCc1ccsc1C=C(CNC)B1OC(C)(C)C(C)(C)O1. The average Bonchev–Trinajstić information content (AvgIpc) is 3.05. The van der Waals surface area contributed by atoms with Gasteiger partial charge in [-0.1, -0.05) is 26.2 Å². The summed E-state index contributed by atoms with van der Waals surface area (Å²) in [5.41, 5.74) is 2.01. The first-order valence-corrected chi connectivity index (χ1v) is 10.5. The molecule has 2 heterocycles. The minimum Gasteiger partial charge on any atom is -0.400 e. The lowest BCUT2D eigenvalue weighted by Crippen LogP contribution is -2.41. The van der Waals surface area contributed by atoms with Crippen LogP contribution in [0.2, 0.25) is 0 Å². The molecular formula is C20H34BNO2S. The third kappa shape index (κ3) is 5.19. The molecule has 1 saturated heterocycles. The summed E-state index contributed by atoms with van der Waals surface area (Å²) in [7, 11) is 1.69. The fraction of sp³-hybridized carbons (Fsp3) is 0.700. The molecule has 0 spiro atoms. The van der Waals surface area contributed by atoms with Gasteiger partial charge in [0.25, 0.3) is 0 Å². The molecule has 25 heavy (non-hydrogen) atoms. The largest absolute Gasteiger partial charge is 0.491 e. The number of rotatable bonds is 9. The zero-order valence-corrected chi connectivity index (χ0v) is 17.6. The third-order valence-corrected chi connectivity index (χ3v) is 6.24. The van der Waals surface area contributed by atoms with E-state index in [0.29, 0.717) is 0 Å². The van der Waals surface area contributed by atoms with E-state index in [9.17, 15) is 0 Å². The number of likely N-dealkylation sites (N-methyl/N-ethyl adjacent to an activating group) is 1. The zero-order valence-electron chi connectivity index (χ0n) is 16.8. The van der Waals surface area contributed by atoms with E-state index in [-0.39, 0.29) is 18.3 Å². The van der Waals surface area contributed by atoms with Gasteiger partial charge in [0.1, 0.15) is 0 Å². The second-order valence-corrected chi connectivity index (χ2v) is 8.91. The van der Waals surface area contributed by atoms with Gasteiger partial charge in [-0.25, -0.2) is 0 Å². The molecule has 0 aromatic carbocycles. The second-order valence-electron chi connectivity index (χ2n) is 7.96. The van der Waals surface area contributed by atoms with Crippen LogP contribution in [0, 0.1) is 0 Å². The Kier molecular flexibility index (Phi) is 7.33. The summed E-state index contributed by atoms with van der Waals surface area (Å²) in [5.74, 6) is 0. The second kappa shape index (κ2) is 8.85. The molecule has 1 fully saturated rings. The van der Waals surface area contributed by atoms with Crippen molar-refractivity contribution in [3.63, 3.8) is 0 Å². The molecule has 0 saturated carbocycles. The van der Waals surface area contributed by atoms with Gasteiger partial charge < -0.3 is 14.6 Å². The molecule has 3 nitrogen and oxygen atoms in total. The van der Waals surface area contributed by atoms with Crippen LogP contribution in [0.1, 0.15) is 70.7 Å². The number of thiophene rings is 1. The Balaban J connectivity index is 2.14. The molecule has 1 aromatic rings. The standard InChI is InChI=1S/C20H34BNO2S/c1-7-8-9-10-11-16-12-13-25-18(16)14-17(15-22-6)21-23-19(2,3)20(4,5)24-21/h12-14,22H,7-11,15H2,1-6H3. The summed E-state index contributed by atoms with van der Waals surface area (Å²) >= 11 is 1.81. The molecule has 0 amide bonds. The van der Waals surface area contributed by atoms with Gasteiger partial charge in [0.05, 0.1) is 11.2 Å². The summed E-state index contributed by atoms with van der Waals surface area (Å²) in [4.78, 5) is 1.34. The molecule has 0 aliphatic carbocycles. The number of hydrogen-bond acceptors (Lipinski definition) is 4. The van der Waals surface area contributed by atoms with Crippen molar-refractivity contribution in [2.45, 2.75) is 77.9 Å². The summed E-state index contributed by atoms with van der Waals surface area (Å²) in [6, 6.07) is 2.27. The topological polar surface area (TPSA) is 30.5 Å². The Morgan fingerprint density at radius 2 is 1.84 bits per heavy atom. The predicted molar refractivity (Wildman–Crippen MR) is 110 cm³/mol. The highest BCUT2D eigenvalue weighted by molar-refractivity contribution is 7.11. The monoisotopic (exact) mass is 363 g/mol. The molecular weight excluding hydrogens is 329 g/mol. The minimum atomic E-state index is -0.303. The Morgan fingerprint density at radius 3 is 2.44 bits per heavy atom. The van der Waals surface area contributed by atoms with Crippen LogP contribution in [-0.2, 0) is 15.7 Å². The van der Waals surface area contributed by atoms with Crippen LogP contribution < -0.4 is 5.32 Å². The number of unbranched alkanes of at least 4 members (excludes halogenated alkanes) is 3. The first-order chi connectivity index (χ1) is 11.8. The average molecular weight is 363 g/mol. The van der Waals surface area contributed by atoms with E-state index in [0.717, 1.165) is 13.0 Å². The smallest absolute Gasteiger partial charge is 0.400 e. The molecule has 2 rings (SSSR count). The summed E-state index contributed by atoms with van der Waals surface area (Å²) in [6.07, 6.45) is 8.63. The maximum atomic E-state index is 6.25. The molecule has 0 bridgehead atoms. The van der Waals surface area contributed by atoms with Crippen molar-refractivity contribution in [3.05, 3.63) is 27.4 Å². The molecule has 5 heteroatoms. The predicted octanol–water partition coefficient (Wildman–Crippen LogP) is 5.11. The number of aryl methyl sites for hydroxylation is 1. The van der Waals surface area contributed by atoms with Crippen molar-refractivity contribution < 1.29 is 9.31 Å². The summed E-state index contributed by atoms with van der Waals surface area (Å²) < 4.78 is 12.5. The first-order valence-electron chi connectivity index (χ1n) is 9.58. The lowest BCUT2D eigenvalue weighted by Gasteiger charge is -2.32. The molecule has 140 valence electrons. The maximum Gasteiger partial charge on any atom is 0.491 e. The van der Waals surface area contributed by atoms with Crippen molar-refractivity contribution in [2.24, 2.45) is 0 Å². The third-order valence-electron chi connectivity index (χ3n) is 5.33. The Morgan fingerprint density at radius 1 is 1.16 bits per heavy atom. The van der Waals surface area contributed by atoms with E-state index < -0.39 is 0 Å². The van der Waals surface area contributed by atoms with Crippen molar-refractivity contribution >= 4 is 24.5 Å². The highest BCUT2D eigenvalue weighted by Gasteiger charge is 2.52. The van der Waals surface area contributed by atoms with Crippen LogP contribution in [0.4, 0.5) is 0 Å². The Bertz CT molecular complexity index is 564. The Labute approximate surface area is 158 Å². The van der Waals surface area contributed by atoms with Crippen molar-refractivity contribution in [2.75, 3.05) is 13.6 Å². The summed E-state index contributed by atoms with van der Waals surface area (Å²) in [5, 5.41) is 5.46. The van der Waals surface area contributed by atoms with E-state index in [2.05, 4.69) is 57.5 Å². The van der Waals surface area contributed by atoms with Crippen LogP contribution in [0.3, 0.4) is 0 Å². The van der Waals surface area contributed by atoms with Crippen LogP contribution in [0.15, 0.2) is 16.9 Å². The van der Waals surface area contributed by atoms with Crippen molar-refractivity contribution in [3.8, 4) is 0 Å². The van der Waals surface area contributed by atoms with E-state index in [1.165, 1.54) is 41.6 Å². The van der Waals surface area contributed by atoms with E-state index in [4.69, 9.17) is 9.31 Å². The zero-order chi connectivity index (χ0) is 18.5. The number of nitrogens with one attached hydrogen (secondary N) is 1. The van der Waals surface area contributed by atoms with Gasteiger partial charge in [-0.2, -0.15) is 0 Å². The maximum absolute atomic E-state index is 6.25. The van der Waals surface area contributed by atoms with Gasteiger partial charge in [0.15, 0.2) is 0 Å².